The van der Waals surface area contributed by atoms with Crippen molar-refractivity contribution in [2.45, 2.75) is 50.6 Å². The molecule has 4 rings (SSSR count). The Morgan fingerprint density at radius 1 is 1.19 bits per heavy atom. The van der Waals surface area contributed by atoms with Gasteiger partial charge in [-0.15, -0.1) is 0 Å². The molecule has 0 bridgehead atoms. The Morgan fingerprint density at radius 3 is 2.90 bits per heavy atom. The fraction of sp³-hybridized carbons (Fsp3) is 0.529. The minimum Gasteiger partial charge on any atom is -0.355 e. The van der Waals surface area contributed by atoms with Crippen LogP contribution in [0.2, 0.25) is 0 Å². The number of nitrogens with one attached hydrogen (secondary N) is 1. The predicted octanol–water partition coefficient (Wildman–Crippen LogP) is 3.04. The number of nitriles is 1. The molecule has 2 heterocycles. The third kappa shape index (κ3) is 1.91. The van der Waals surface area contributed by atoms with E-state index in [9.17, 15) is 4.79 Å². The summed E-state index contributed by atoms with van der Waals surface area (Å²) < 4.78 is 0. The number of nitrogens with zero attached hydrogens (tertiary/aromatic N) is 2. The number of hydrogen-bond donors (Lipinski definition) is 1. The third-order valence-corrected chi connectivity index (χ3v) is 5.34. The fourth-order valence-electron chi connectivity index (χ4n) is 4.37. The number of hydrogen-bond acceptors (Lipinski definition) is 3. The molecule has 1 aromatic rings. The first-order valence-corrected chi connectivity index (χ1v) is 7.91. The van der Waals surface area contributed by atoms with Gasteiger partial charge in [0.05, 0.1) is 23.0 Å². The second-order valence-electron chi connectivity index (χ2n) is 6.45. The van der Waals surface area contributed by atoms with E-state index in [1.54, 1.807) is 6.07 Å². The molecule has 21 heavy (non-hydrogen) atoms. The summed E-state index contributed by atoms with van der Waals surface area (Å²) in [5.74, 6) is 0.829. The van der Waals surface area contributed by atoms with Crippen LogP contribution in [0.25, 0.3) is 0 Å². The molecule has 2 aliphatic heterocycles. The highest BCUT2D eigenvalue weighted by Crippen LogP contribution is 2.45. The lowest BCUT2D eigenvalue weighted by atomic mass is 9.75. The van der Waals surface area contributed by atoms with E-state index in [0.717, 1.165) is 24.2 Å². The SMILES string of the molecule is N#Cc1ccc2c(c1)N1C(CCC3CCCCC31)C(=O)N2. The molecule has 1 amide bonds. The second-order valence-corrected chi connectivity index (χ2v) is 6.45. The standard InChI is InChI=1S/C17H19N3O/c18-10-11-5-7-13-16(9-11)20-14-4-2-1-3-12(14)6-8-15(20)17(21)19-13/h5,7,9,12,14-15H,1-4,6,8H2,(H,19,21). The lowest BCUT2D eigenvalue weighted by molar-refractivity contribution is -0.118. The van der Waals surface area contributed by atoms with Gasteiger partial charge in [-0.05, 0) is 49.8 Å². The lowest BCUT2D eigenvalue weighted by Crippen LogP contribution is -2.58. The molecule has 1 N–H and O–H groups in total. The van der Waals surface area contributed by atoms with Crippen molar-refractivity contribution in [3.05, 3.63) is 23.8 Å². The summed E-state index contributed by atoms with van der Waals surface area (Å²) in [6.07, 6.45) is 7.11. The van der Waals surface area contributed by atoms with Crippen molar-refractivity contribution in [2.75, 3.05) is 10.2 Å². The summed E-state index contributed by atoms with van der Waals surface area (Å²) >= 11 is 0. The highest BCUT2D eigenvalue weighted by Gasteiger charge is 2.44. The van der Waals surface area contributed by atoms with Gasteiger partial charge in [-0.25, -0.2) is 0 Å². The van der Waals surface area contributed by atoms with Gasteiger partial charge in [0.2, 0.25) is 5.91 Å². The predicted molar refractivity (Wildman–Crippen MR) is 81.0 cm³/mol. The van der Waals surface area contributed by atoms with Gasteiger partial charge in [-0.1, -0.05) is 12.8 Å². The molecule has 1 saturated carbocycles. The van der Waals surface area contributed by atoms with Gasteiger partial charge in [0, 0.05) is 6.04 Å². The van der Waals surface area contributed by atoms with E-state index in [-0.39, 0.29) is 11.9 Å². The van der Waals surface area contributed by atoms with E-state index in [0.29, 0.717) is 17.5 Å². The topological polar surface area (TPSA) is 56.1 Å². The maximum Gasteiger partial charge on any atom is 0.247 e. The van der Waals surface area contributed by atoms with E-state index in [1.165, 1.54) is 25.7 Å². The minimum atomic E-state index is -0.0502. The van der Waals surface area contributed by atoms with Gasteiger partial charge in [0.1, 0.15) is 6.04 Å². The molecule has 0 spiro atoms. The molecule has 3 atom stereocenters. The monoisotopic (exact) mass is 281 g/mol. The first-order valence-electron chi connectivity index (χ1n) is 7.91. The van der Waals surface area contributed by atoms with E-state index >= 15 is 0 Å². The molecule has 4 nitrogen and oxygen atoms in total. The number of amides is 1. The largest absolute Gasteiger partial charge is 0.355 e. The van der Waals surface area contributed by atoms with Gasteiger partial charge in [0.15, 0.2) is 0 Å². The summed E-state index contributed by atoms with van der Waals surface area (Å²) in [5, 5.41) is 12.2. The molecule has 1 aromatic carbocycles. The highest BCUT2D eigenvalue weighted by atomic mass is 16.2. The van der Waals surface area contributed by atoms with Crippen molar-refractivity contribution in [1.82, 2.24) is 0 Å². The van der Waals surface area contributed by atoms with Crippen LogP contribution in [0.4, 0.5) is 11.4 Å². The van der Waals surface area contributed by atoms with Crippen LogP contribution >= 0.6 is 0 Å². The zero-order valence-corrected chi connectivity index (χ0v) is 12.0. The average Bonchev–Trinajstić information content (AvgIpc) is 2.54. The number of fused-ring (bicyclic) bond motifs is 5. The van der Waals surface area contributed by atoms with Crippen LogP contribution in [0.5, 0.6) is 0 Å². The molecule has 0 aromatic heterocycles. The Balaban J connectivity index is 1.81. The third-order valence-electron chi connectivity index (χ3n) is 5.34. The van der Waals surface area contributed by atoms with E-state index < -0.39 is 0 Å². The first-order chi connectivity index (χ1) is 10.3. The van der Waals surface area contributed by atoms with E-state index in [1.807, 2.05) is 12.1 Å². The summed E-state index contributed by atoms with van der Waals surface area (Å²) in [7, 11) is 0. The zero-order chi connectivity index (χ0) is 14.4. The molecule has 1 aliphatic carbocycles. The number of benzene rings is 1. The Labute approximate surface area is 124 Å². The highest BCUT2D eigenvalue weighted by molar-refractivity contribution is 6.04. The normalized spacial score (nSPS) is 30.5. The Kier molecular flexibility index (Phi) is 2.88. The molecular weight excluding hydrogens is 262 g/mol. The summed E-state index contributed by atoms with van der Waals surface area (Å²) in [6.45, 7) is 0. The summed E-state index contributed by atoms with van der Waals surface area (Å²) in [6, 6.07) is 8.23. The molecule has 0 radical (unpaired) electrons. The molecule has 108 valence electrons. The molecule has 3 aliphatic rings. The quantitative estimate of drug-likeness (QED) is 0.795. The number of rotatable bonds is 0. The molecular formula is C17H19N3O. The Bertz CT molecular complexity index is 633. The molecule has 4 heteroatoms. The second kappa shape index (κ2) is 4.77. The number of carbonyl (C=O) groups is 1. The maximum absolute atomic E-state index is 12.4. The van der Waals surface area contributed by atoms with Crippen molar-refractivity contribution in [2.24, 2.45) is 5.92 Å². The van der Waals surface area contributed by atoms with Gasteiger partial charge in [0.25, 0.3) is 0 Å². The fourth-order valence-corrected chi connectivity index (χ4v) is 4.37. The lowest BCUT2D eigenvalue weighted by Gasteiger charge is -2.51. The average molecular weight is 281 g/mol. The van der Waals surface area contributed by atoms with Crippen LogP contribution in [0.3, 0.4) is 0 Å². The Morgan fingerprint density at radius 2 is 2.05 bits per heavy atom. The van der Waals surface area contributed by atoms with Gasteiger partial charge in [-0.2, -0.15) is 5.26 Å². The van der Waals surface area contributed by atoms with Crippen LogP contribution < -0.4 is 10.2 Å². The van der Waals surface area contributed by atoms with E-state index in [4.69, 9.17) is 5.26 Å². The van der Waals surface area contributed by atoms with Crippen molar-refractivity contribution >= 4 is 17.3 Å². The van der Waals surface area contributed by atoms with Gasteiger partial charge >= 0.3 is 0 Å². The smallest absolute Gasteiger partial charge is 0.247 e. The van der Waals surface area contributed by atoms with Crippen molar-refractivity contribution in [3.8, 4) is 6.07 Å². The maximum atomic E-state index is 12.4. The number of carbonyl (C=O) groups excluding carboxylic acids is 1. The molecule has 1 saturated heterocycles. The number of piperidine rings is 1. The van der Waals surface area contributed by atoms with Gasteiger partial charge < -0.3 is 10.2 Å². The zero-order valence-electron chi connectivity index (χ0n) is 12.0. The van der Waals surface area contributed by atoms with Crippen LogP contribution in [-0.4, -0.2) is 18.0 Å². The molecule has 3 unspecified atom stereocenters. The van der Waals surface area contributed by atoms with Crippen LogP contribution in [0.15, 0.2) is 18.2 Å². The van der Waals surface area contributed by atoms with Gasteiger partial charge in [-0.3, -0.25) is 4.79 Å². The van der Waals surface area contributed by atoms with Crippen molar-refractivity contribution in [3.63, 3.8) is 0 Å². The first kappa shape index (κ1) is 12.7. The summed E-state index contributed by atoms with van der Waals surface area (Å²) in [4.78, 5) is 14.7. The minimum absolute atomic E-state index is 0.0502. The Hall–Kier alpha value is -2.02. The summed E-state index contributed by atoms with van der Waals surface area (Å²) in [5.41, 5.74) is 2.58. The van der Waals surface area contributed by atoms with Crippen LogP contribution in [-0.2, 0) is 4.79 Å². The van der Waals surface area contributed by atoms with Crippen molar-refractivity contribution in [1.29, 1.82) is 5.26 Å². The van der Waals surface area contributed by atoms with Crippen LogP contribution in [0.1, 0.15) is 44.1 Å². The van der Waals surface area contributed by atoms with Crippen molar-refractivity contribution < 1.29 is 4.79 Å². The van der Waals surface area contributed by atoms with Crippen LogP contribution in [0, 0.1) is 17.2 Å². The number of anilines is 2. The molecule has 2 fully saturated rings. The van der Waals surface area contributed by atoms with E-state index in [2.05, 4.69) is 16.3 Å².